The van der Waals surface area contributed by atoms with E-state index < -0.39 is 5.41 Å². The van der Waals surface area contributed by atoms with Crippen molar-refractivity contribution in [2.24, 2.45) is 5.41 Å². The van der Waals surface area contributed by atoms with Gasteiger partial charge >= 0.3 is 0 Å². The van der Waals surface area contributed by atoms with Gasteiger partial charge in [-0.2, -0.15) is 5.26 Å². The molecule has 0 saturated heterocycles. The number of nitriles is 1. The number of carbonyl (C=O) groups excluding carboxylic acids is 1. The van der Waals surface area contributed by atoms with Crippen LogP contribution >= 0.6 is 11.6 Å². The zero-order chi connectivity index (χ0) is 12.5. The number of rotatable bonds is 3. The average Bonchev–Trinajstić information content (AvgIpc) is 3.12. The lowest BCUT2D eigenvalue weighted by Gasteiger charge is -2.19. The Balaban J connectivity index is 2.02. The molecule has 1 fully saturated rings. The Bertz CT molecular complexity index is 471. The summed E-state index contributed by atoms with van der Waals surface area (Å²) in [6, 6.07) is 9.49. The van der Waals surface area contributed by atoms with Gasteiger partial charge in [0.05, 0.1) is 6.07 Å². The SMILES string of the molecule is CN(Cc1ccc(Cl)cc1)C(=O)C1(C#N)CC1. The van der Waals surface area contributed by atoms with Crippen LogP contribution in [-0.4, -0.2) is 17.9 Å². The summed E-state index contributed by atoms with van der Waals surface area (Å²) in [7, 11) is 1.73. The molecule has 1 aliphatic rings. The van der Waals surface area contributed by atoms with Gasteiger partial charge in [0.15, 0.2) is 0 Å². The number of nitrogens with zero attached hydrogens (tertiary/aromatic N) is 2. The summed E-state index contributed by atoms with van der Waals surface area (Å²) in [5.74, 6) is -0.0741. The highest BCUT2D eigenvalue weighted by molar-refractivity contribution is 6.30. The summed E-state index contributed by atoms with van der Waals surface area (Å²) in [5, 5.41) is 9.64. The van der Waals surface area contributed by atoms with Gasteiger partial charge in [0.1, 0.15) is 5.41 Å². The van der Waals surface area contributed by atoms with Crippen molar-refractivity contribution < 1.29 is 4.79 Å². The standard InChI is InChI=1S/C13H13ClN2O/c1-16(12(17)13(9-15)6-7-13)8-10-2-4-11(14)5-3-10/h2-5H,6-8H2,1H3. The first-order chi connectivity index (χ1) is 8.07. The van der Waals surface area contributed by atoms with E-state index in [0.717, 1.165) is 5.56 Å². The molecule has 1 aromatic carbocycles. The molecule has 1 saturated carbocycles. The predicted molar refractivity (Wildman–Crippen MR) is 65.2 cm³/mol. The van der Waals surface area contributed by atoms with Crippen LogP contribution in [0.3, 0.4) is 0 Å². The fourth-order valence-corrected chi connectivity index (χ4v) is 1.93. The fraction of sp³-hybridized carbons (Fsp3) is 0.385. The smallest absolute Gasteiger partial charge is 0.243 e. The van der Waals surface area contributed by atoms with Crippen molar-refractivity contribution in [1.29, 1.82) is 5.26 Å². The lowest BCUT2D eigenvalue weighted by Crippen LogP contribution is -2.32. The third-order valence-electron chi connectivity index (χ3n) is 3.05. The first kappa shape index (κ1) is 11.9. The molecule has 88 valence electrons. The molecular weight excluding hydrogens is 236 g/mol. The van der Waals surface area contributed by atoms with E-state index in [2.05, 4.69) is 6.07 Å². The first-order valence-corrected chi connectivity index (χ1v) is 5.86. The summed E-state index contributed by atoms with van der Waals surface area (Å²) in [6.07, 6.45) is 1.38. The quantitative estimate of drug-likeness (QED) is 0.825. The van der Waals surface area contributed by atoms with Gasteiger partial charge in [-0.25, -0.2) is 0 Å². The zero-order valence-electron chi connectivity index (χ0n) is 9.61. The van der Waals surface area contributed by atoms with Crippen LogP contribution in [0.1, 0.15) is 18.4 Å². The van der Waals surface area contributed by atoms with Crippen molar-refractivity contribution in [3.8, 4) is 6.07 Å². The Kier molecular flexibility index (Phi) is 3.08. The molecule has 1 aliphatic carbocycles. The maximum absolute atomic E-state index is 12.0. The normalized spacial score (nSPS) is 16.1. The van der Waals surface area contributed by atoms with Gasteiger partial charge in [-0.1, -0.05) is 23.7 Å². The van der Waals surface area contributed by atoms with E-state index in [-0.39, 0.29) is 5.91 Å². The summed E-state index contributed by atoms with van der Waals surface area (Å²) in [5.41, 5.74) is 0.278. The second-order valence-electron chi connectivity index (χ2n) is 4.48. The molecular formula is C13H13ClN2O. The van der Waals surface area contributed by atoms with Crippen LogP contribution in [0.4, 0.5) is 0 Å². The second kappa shape index (κ2) is 4.38. The molecule has 0 heterocycles. The Morgan fingerprint density at radius 1 is 1.47 bits per heavy atom. The molecule has 0 aliphatic heterocycles. The van der Waals surface area contributed by atoms with E-state index in [9.17, 15) is 4.79 Å². The van der Waals surface area contributed by atoms with Gasteiger partial charge in [-0.05, 0) is 30.5 Å². The van der Waals surface area contributed by atoms with Gasteiger partial charge < -0.3 is 4.90 Å². The molecule has 0 aromatic heterocycles. The second-order valence-corrected chi connectivity index (χ2v) is 4.92. The van der Waals surface area contributed by atoms with Gasteiger partial charge in [-0.3, -0.25) is 4.79 Å². The third kappa shape index (κ3) is 2.42. The van der Waals surface area contributed by atoms with Gasteiger partial charge in [-0.15, -0.1) is 0 Å². The Morgan fingerprint density at radius 3 is 2.53 bits per heavy atom. The highest BCUT2D eigenvalue weighted by Crippen LogP contribution is 2.46. The topological polar surface area (TPSA) is 44.1 Å². The maximum Gasteiger partial charge on any atom is 0.243 e. The largest absolute Gasteiger partial charge is 0.340 e. The molecule has 17 heavy (non-hydrogen) atoms. The number of amides is 1. The molecule has 3 nitrogen and oxygen atoms in total. The number of carbonyl (C=O) groups is 1. The predicted octanol–water partition coefficient (Wildman–Crippen LogP) is 2.60. The minimum absolute atomic E-state index is 0.0741. The zero-order valence-corrected chi connectivity index (χ0v) is 10.4. The molecule has 4 heteroatoms. The molecule has 1 amide bonds. The van der Waals surface area contributed by atoms with Crippen molar-refractivity contribution in [3.63, 3.8) is 0 Å². The summed E-state index contributed by atoms with van der Waals surface area (Å²) >= 11 is 5.79. The van der Waals surface area contributed by atoms with Crippen molar-refractivity contribution in [2.75, 3.05) is 7.05 Å². The van der Waals surface area contributed by atoms with Gasteiger partial charge in [0, 0.05) is 18.6 Å². The van der Waals surface area contributed by atoms with Crippen molar-refractivity contribution in [3.05, 3.63) is 34.9 Å². The minimum Gasteiger partial charge on any atom is -0.340 e. The third-order valence-corrected chi connectivity index (χ3v) is 3.31. The van der Waals surface area contributed by atoms with E-state index >= 15 is 0 Å². The number of halogens is 1. The maximum atomic E-state index is 12.0. The van der Waals surface area contributed by atoms with Crippen LogP contribution in [-0.2, 0) is 11.3 Å². The van der Waals surface area contributed by atoms with Gasteiger partial charge in [0.2, 0.25) is 5.91 Å². The van der Waals surface area contributed by atoms with Crippen molar-refractivity contribution in [2.45, 2.75) is 19.4 Å². The van der Waals surface area contributed by atoms with Gasteiger partial charge in [0.25, 0.3) is 0 Å². The molecule has 0 N–H and O–H groups in total. The van der Waals surface area contributed by atoms with E-state index in [4.69, 9.17) is 16.9 Å². The highest BCUT2D eigenvalue weighted by atomic mass is 35.5. The van der Waals surface area contributed by atoms with Crippen LogP contribution in [0.25, 0.3) is 0 Å². The Hall–Kier alpha value is -1.53. The monoisotopic (exact) mass is 248 g/mol. The molecule has 1 aromatic rings. The molecule has 2 rings (SSSR count). The van der Waals surface area contributed by atoms with E-state index in [1.54, 1.807) is 24.1 Å². The van der Waals surface area contributed by atoms with Crippen LogP contribution in [0.15, 0.2) is 24.3 Å². The molecule has 0 unspecified atom stereocenters. The lowest BCUT2D eigenvalue weighted by atomic mass is 10.1. The molecule has 0 spiro atoms. The molecule has 0 atom stereocenters. The first-order valence-electron chi connectivity index (χ1n) is 5.49. The van der Waals surface area contributed by atoms with Crippen LogP contribution in [0, 0.1) is 16.7 Å². The van der Waals surface area contributed by atoms with E-state index in [1.807, 2.05) is 12.1 Å². The van der Waals surface area contributed by atoms with Crippen molar-refractivity contribution in [1.82, 2.24) is 4.90 Å². The summed E-state index contributed by atoms with van der Waals surface area (Å²) in [4.78, 5) is 13.6. The molecule has 0 bridgehead atoms. The highest BCUT2D eigenvalue weighted by Gasteiger charge is 2.51. The lowest BCUT2D eigenvalue weighted by molar-refractivity contribution is -0.134. The Morgan fingerprint density at radius 2 is 2.06 bits per heavy atom. The number of hydrogen-bond acceptors (Lipinski definition) is 2. The van der Waals surface area contributed by atoms with Crippen LogP contribution in [0.5, 0.6) is 0 Å². The average molecular weight is 249 g/mol. The fourth-order valence-electron chi connectivity index (χ4n) is 1.80. The molecule has 0 radical (unpaired) electrons. The number of benzene rings is 1. The van der Waals surface area contributed by atoms with Crippen molar-refractivity contribution >= 4 is 17.5 Å². The van der Waals surface area contributed by atoms with E-state index in [0.29, 0.717) is 24.4 Å². The van der Waals surface area contributed by atoms with Crippen LogP contribution < -0.4 is 0 Å². The summed E-state index contributed by atoms with van der Waals surface area (Å²) < 4.78 is 0. The van der Waals surface area contributed by atoms with E-state index in [1.165, 1.54) is 0 Å². The Labute approximate surface area is 106 Å². The summed E-state index contributed by atoms with van der Waals surface area (Å²) in [6.45, 7) is 0.513. The minimum atomic E-state index is -0.735. The number of hydrogen-bond donors (Lipinski definition) is 0. The van der Waals surface area contributed by atoms with Crippen LogP contribution in [0.2, 0.25) is 5.02 Å².